The molecule has 8 heteroatoms. The lowest BCUT2D eigenvalue weighted by Crippen LogP contribution is -2.20. The summed E-state index contributed by atoms with van der Waals surface area (Å²) in [5.74, 6) is 1.37. The van der Waals surface area contributed by atoms with Crippen molar-refractivity contribution in [2.45, 2.75) is 5.16 Å². The minimum Gasteiger partial charge on any atom is -0.497 e. The van der Waals surface area contributed by atoms with Crippen molar-refractivity contribution in [2.24, 2.45) is 5.10 Å². The molecule has 0 spiro atoms. The van der Waals surface area contributed by atoms with Crippen LogP contribution in [0.2, 0.25) is 0 Å². The number of methoxy groups -OCH3 is 1. The Kier molecular flexibility index (Phi) is 6.94. The van der Waals surface area contributed by atoms with Crippen LogP contribution in [0.3, 0.4) is 0 Å². The van der Waals surface area contributed by atoms with Gasteiger partial charge in [0.25, 0.3) is 5.91 Å². The van der Waals surface area contributed by atoms with Crippen LogP contribution in [0.1, 0.15) is 5.56 Å². The van der Waals surface area contributed by atoms with Gasteiger partial charge in [0.05, 0.1) is 19.1 Å². The summed E-state index contributed by atoms with van der Waals surface area (Å²) in [6.07, 6.45) is 1.61. The van der Waals surface area contributed by atoms with Gasteiger partial charge in [-0.15, -0.1) is 10.2 Å². The van der Waals surface area contributed by atoms with Gasteiger partial charge in [-0.1, -0.05) is 72.4 Å². The zero-order valence-corrected chi connectivity index (χ0v) is 18.2. The molecule has 32 heavy (non-hydrogen) atoms. The Hall–Kier alpha value is -3.91. The fraction of sp³-hybridized carbons (Fsp3) is 0.0833. The number of carbonyl (C=O) groups is 1. The first-order valence-corrected chi connectivity index (χ1v) is 10.9. The van der Waals surface area contributed by atoms with Gasteiger partial charge >= 0.3 is 0 Å². The third-order valence-electron chi connectivity index (χ3n) is 4.53. The van der Waals surface area contributed by atoms with Crippen molar-refractivity contribution in [1.82, 2.24) is 20.2 Å². The number of thioether (sulfide) groups is 1. The molecule has 0 aliphatic heterocycles. The quantitative estimate of drug-likeness (QED) is 0.251. The second-order valence-corrected chi connectivity index (χ2v) is 7.64. The van der Waals surface area contributed by atoms with Gasteiger partial charge in [0.1, 0.15) is 5.75 Å². The summed E-state index contributed by atoms with van der Waals surface area (Å²) in [5, 5.41) is 13.3. The smallest absolute Gasteiger partial charge is 0.250 e. The molecule has 0 bridgehead atoms. The molecule has 0 atom stereocenters. The lowest BCUT2D eigenvalue weighted by molar-refractivity contribution is -0.118. The van der Waals surface area contributed by atoms with Gasteiger partial charge in [-0.3, -0.25) is 9.36 Å². The molecule has 1 N–H and O–H groups in total. The molecule has 0 radical (unpaired) electrons. The van der Waals surface area contributed by atoms with E-state index in [9.17, 15) is 4.79 Å². The van der Waals surface area contributed by atoms with E-state index >= 15 is 0 Å². The van der Waals surface area contributed by atoms with Crippen LogP contribution >= 0.6 is 11.8 Å². The van der Waals surface area contributed by atoms with Crippen LogP contribution in [0.5, 0.6) is 5.75 Å². The maximum atomic E-state index is 12.3. The van der Waals surface area contributed by atoms with Gasteiger partial charge in [0.2, 0.25) is 0 Å². The zero-order valence-electron chi connectivity index (χ0n) is 17.4. The molecule has 1 amide bonds. The average molecular weight is 444 g/mol. The van der Waals surface area contributed by atoms with Crippen LogP contribution in [-0.4, -0.2) is 39.7 Å². The average Bonchev–Trinajstić information content (AvgIpc) is 3.28. The maximum Gasteiger partial charge on any atom is 0.250 e. The predicted octanol–water partition coefficient (Wildman–Crippen LogP) is 4.19. The Bertz CT molecular complexity index is 1190. The number of hydrazone groups is 1. The van der Waals surface area contributed by atoms with Crippen molar-refractivity contribution < 1.29 is 9.53 Å². The molecule has 0 unspecified atom stereocenters. The highest BCUT2D eigenvalue weighted by atomic mass is 32.2. The standard InChI is InChI=1S/C24H21N5O2S/c1-31-21-14-12-20(13-15-21)29-23(19-10-6-3-7-11-19)27-28-24(29)32-17-22(30)26-25-16-18-8-4-2-5-9-18/h2-16H,17H2,1H3,(H,26,30). The summed E-state index contributed by atoms with van der Waals surface area (Å²) < 4.78 is 7.20. The molecule has 4 rings (SSSR count). The molecule has 1 aromatic heterocycles. The first-order chi connectivity index (χ1) is 15.7. The molecule has 0 fully saturated rings. The third kappa shape index (κ3) is 5.22. The number of hydrogen-bond acceptors (Lipinski definition) is 6. The summed E-state index contributed by atoms with van der Waals surface area (Å²) in [7, 11) is 1.63. The largest absolute Gasteiger partial charge is 0.497 e. The monoisotopic (exact) mass is 443 g/mol. The number of nitrogens with one attached hydrogen (secondary N) is 1. The number of carbonyl (C=O) groups excluding carboxylic acids is 1. The van der Waals surface area contributed by atoms with Crippen LogP contribution < -0.4 is 10.2 Å². The summed E-state index contributed by atoms with van der Waals surface area (Å²) in [5.41, 5.74) is 5.26. The lowest BCUT2D eigenvalue weighted by Gasteiger charge is -2.11. The fourth-order valence-electron chi connectivity index (χ4n) is 2.98. The van der Waals surface area contributed by atoms with Gasteiger partial charge in [0.15, 0.2) is 11.0 Å². The Labute approximate surface area is 190 Å². The number of ether oxygens (including phenoxy) is 1. The Morgan fingerprint density at radius 1 is 1.00 bits per heavy atom. The number of benzene rings is 3. The SMILES string of the molecule is COc1ccc(-n2c(SCC(=O)NN=Cc3ccccc3)nnc2-c2ccccc2)cc1. The van der Waals surface area contributed by atoms with E-state index in [1.54, 1.807) is 13.3 Å². The van der Waals surface area contributed by atoms with Crippen LogP contribution in [0.25, 0.3) is 17.1 Å². The van der Waals surface area contributed by atoms with E-state index in [0.717, 1.165) is 22.6 Å². The van der Waals surface area contributed by atoms with Crippen molar-refractivity contribution in [2.75, 3.05) is 12.9 Å². The Balaban J connectivity index is 1.52. The van der Waals surface area contributed by atoms with Gasteiger partial charge < -0.3 is 4.74 Å². The maximum absolute atomic E-state index is 12.3. The summed E-state index contributed by atoms with van der Waals surface area (Å²) in [6.45, 7) is 0. The second kappa shape index (κ2) is 10.4. The second-order valence-electron chi connectivity index (χ2n) is 6.70. The van der Waals surface area contributed by atoms with Crippen LogP contribution in [0.4, 0.5) is 0 Å². The Morgan fingerprint density at radius 2 is 1.69 bits per heavy atom. The highest BCUT2D eigenvalue weighted by molar-refractivity contribution is 7.99. The normalized spacial score (nSPS) is 10.9. The van der Waals surface area contributed by atoms with Crippen molar-refractivity contribution in [3.63, 3.8) is 0 Å². The van der Waals surface area contributed by atoms with E-state index in [1.165, 1.54) is 11.8 Å². The van der Waals surface area contributed by atoms with Gasteiger partial charge in [0, 0.05) is 11.3 Å². The fourth-order valence-corrected chi connectivity index (χ4v) is 3.73. The first-order valence-electron chi connectivity index (χ1n) is 9.89. The lowest BCUT2D eigenvalue weighted by atomic mass is 10.2. The number of rotatable bonds is 8. The van der Waals surface area contributed by atoms with E-state index in [4.69, 9.17) is 4.74 Å². The van der Waals surface area contributed by atoms with E-state index in [0.29, 0.717) is 11.0 Å². The molecule has 0 aliphatic carbocycles. The first kappa shape index (κ1) is 21.3. The van der Waals surface area contributed by atoms with Gasteiger partial charge in [-0.25, -0.2) is 5.43 Å². The predicted molar refractivity (Wildman–Crippen MR) is 126 cm³/mol. The third-order valence-corrected chi connectivity index (χ3v) is 5.46. The molecule has 3 aromatic carbocycles. The minimum atomic E-state index is -0.229. The highest BCUT2D eigenvalue weighted by Crippen LogP contribution is 2.28. The topological polar surface area (TPSA) is 81.4 Å². The number of nitrogens with zero attached hydrogens (tertiary/aromatic N) is 4. The highest BCUT2D eigenvalue weighted by Gasteiger charge is 2.17. The molecule has 160 valence electrons. The van der Waals surface area contributed by atoms with E-state index < -0.39 is 0 Å². The zero-order chi connectivity index (χ0) is 22.2. The molecule has 0 saturated heterocycles. The van der Waals surface area contributed by atoms with Crippen molar-refractivity contribution in [3.8, 4) is 22.8 Å². The molecule has 0 saturated carbocycles. The molecule has 7 nitrogen and oxygen atoms in total. The summed E-state index contributed by atoms with van der Waals surface area (Å²) in [6, 6.07) is 27.0. The van der Waals surface area contributed by atoms with E-state index in [-0.39, 0.29) is 11.7 Å². The van der Waals surface area contributed by atoms with Crippen LogP contribution in [0.15, 0.2) is 95.2 Å². The summed E-state index contributed by atoms with van der Waals surface area (Å²) in [4.78, 5) is 12.3. The van der Waals surface area contributed by atoms with Crippen molar-refractivity contribution in [1.29, 1.82) is 0 Å². The number of amides is 1. The number of hydrogen-bond donors (Lipinski definition) is 1. The molecular weight excluding hydrogens is 422 g/mol. The molecule has 0 aliphatic rings. The molecule has 4 aromatic rings. The van der Waals surface area contributed by atoms with Crippen LogP contribution in [0, 0.1) is 0 Å². The molecule has 1 heterocycles. The minimum absolute atomic E-state index is 0.148. The number of aromatic nitrogens is 3. The van der Waals surface area contributed by atoms with Crippen molar-refractivity contribution in [3.05, 3.63) is 90.5 Å². The van der Waals surface area contributed by atoms with E-state index in [2.05, 4.69) is 20.7 Å². The summed E-state index contributed by atoms with van der Waals surface area (Å²) >= 11 is 1.29. The van der Waals surface area contributed by atoms with Crippen LogP contribution in [-0.2, 0) is 4.79 Å². The van der Waals surface area contributed by atoms with Gasteiger partial charge in [-0.2, -0.15) is 5.10 Å². The van der Waals surface area contributed by atoms with Gasteiger partial charge in [-0.05, 0) is 29.8 Å². The van der Waals surface area contributed by atoms with Crippen molar-refractivity contribution >= 4 is 23.9 Å². The Morgan fingerprint density at radius 3 is 2.38 bits per heavy atom. The van der Waals surface area contributed by atoms with E-state index in [1.807, 2.05) is 89.5 Å². The molecular formula is C24H21N5O2S.